The van der Waals surface area contributed by atoms with Gasteiger partial charge in [-0.15, -0.1) is 11.8 Å². The number of aryl methyl sites for hydroxylation is 1. The number of rotatable bonds is 12. The molecule has 2 aromatic rings. The van der Waals surface area contributed by atoms with Crippen LogP contribution in [0.5, 0.6) is 0 Å². The smallest absolute Gasteiger partial charge is 0.123 e. The van der Waals surface area contributed by atoms with Crippen LogP contribution in [0.25, 0.3) is 0 Å². The van der Waals surface area contributed by atoms with Crippen LogP contribution in [0, 0.1) is 12.7 Å². The average Bonchev–Trinajstić information content (AvgIpc) is 2.69. The number of thioether (sulfide) groups is 1. The highest BCUT2D eigenvalue weighted by Gasteiger charge is 2.30. The molecule has 2 rings (SSSR count). The summed E-state index contributed by atoms with van der Waals surface area (Å²) < 4.78 is 13.4. The van der Waals surface area contributed by atoms with Gasteiger partial charge in [-0.05, 0) is 61.9 Å². The Kier molecular flexibility index (Phi) is 9.53. The summed E-state index contributed by atoms with van der Waals surface area (Å²) in [6, 6.07) is 13.5. The number of aliphatic hydroxyl groups is 1. The summed E-state index contributed by atoms with van der Waals surface area (Å²) in [6.07, 6.45) is 8.65. The highest BCUT2D eigenvalue weighted by Crippen LogP contribution is 2.45. The third-order valence-electron chi connectivity index (χ3n) is 5.39. The van der Waals surface area contributed by atoms with Gasteiger partial charge in [-0.2, -0.15) is 0 Å². The summed E-state index contributed by atoms with van der Waals surface area (Å²) in [6.45, 7) is 6.83. The molecule has 0 aliphatic rings. The van der Waals surface area contributed by atoms with Crippen molar-refractivity contribution in [2.45, 2.75) is 81.8 Å². The Bertz CT molecular complexity index is 703. The topological polar surface area (TPSA) is 20.2 Å². The number of halogens is 1. The van der Waals surface area contributed by atoms with Gasteiger partial charge in [0.05, 0.1) is 0 Å². The van der Waals surface area contributed by atoms with Crippen LogP contribution in [0.1, 0.15) is 75.5 Å². The molecule has 0 bridgehead atoms. The highest BCUT2D eigenvalue weighted by molar-refractivity contribution is 8.00. The first kappa shape index (κ1) is 23.0. The van der Waals surface area contributed by atoms with Crippen LogP contribution >= 0.6 is 11.8 Å². The van der Waals surface area contributed by atoms with Crippen molar-refractivity contribution in [3.63, 3.8) is 0 Å². The van der Waals surface area contributed by atoms with Gasteiger partial charge in [-0.25, -0.2) is 4.39 Å². The summed E-state index contributed by atoms with van der Waals surface area (Å²) in [4.78, 5) is 1.30. The molecule has 0 atom stereocenters. The molecule has 1 N–H and O–H groups in total. The molecule has 0 saturated carbocycles. The first-order valence-electron chi connectivity index (χ1n) is 10.7. The van der Waals surface area contributed by atoms with Gasteiger partial charge < -0.3 is 5.11 Å². The van der Waals surface area contributed by atoms with Crippen LogP contribution in [0.15, 0.2) is 47.4 Å². The molecular weight excluding hydrogens is 367 g/mol. The Morgan fingerprint density at radius 1 is 0.929 bits per heavy atom. The van der Waals surface area contributed by atoms with Crippen molar-refractivity contribution >= 4 is 11.8 Å². The molecule has 0 aromatic heterocycles. The predicted octanol–water partition coefficient (Wildman–Crippen LogP) is 7.32. The predicted molar refractivity (Wildman–Crippen MR) is 120 cm³/mol. The lowest BCUT2D eigenvalue weighted by molar-refractivity contribution is 0.256. The third-order valence-corrected chi connectivity index (χ3v) is 7.05. The van der Waals surface area contributed by atoms with Crippen LogP contribution in [-0.4, -0.2) is 16.5 Å². The van der Waals surface area contributed by atoms with E-state index in [0.717, 1.165) is 31.2 Å². The van der Waals surface area contributed by atoms with E-state index in [9.17, 15) is 9.50 Å². The van der Waals surface area contributed by atoms with E-state index in [1.807, 2.05) is 23.9 Å². The molecule has 2 aromatic carbocycles. The van der Waals surface area contributed by atoms with E-state index in [-0.39, 0.29) is 17.2 Å². The average molecular weight is 403 g/mol. The minimum atomic E-state index is -0.191. The summed E-state index contributed by atoms with van der Waals surface area (Å²) in [5.41, 5.74) is 3.67. The van der Waals surface area contributed by atoms with Crippen molar-refractivity contribution in [3.05, 3.63) is 65.0 Å². The molecule has 0 fully saturated rings. The van der Waals surface area contributed by atoms with Crippen LogP contribution in [0.2, 0.25) is 0 Å². The van der Waals surface area contributed by atoms with Gasteiger partial charge in [0.25, 0.3) is 0 Å². The molecule has 0 aliphatic carbocycles. The highest BCUT2D eigenvalue weighted by atomic mass is 32.2. The second-order valence-corrected chi connectivity index (χ2v) is 9.39. The van der Waals surface area contributed by atoms with E-state index >= 15 is 0 Å². The molecule has 0 unspecified atom stereocenters. The lowest BCUT2D eigenvalue weighted by atomic mass is 9.92. The van der Waals surface area contributed by atoms with Crippen molar-refractivity contribution in [3.8, 4) is 0 Å². The van der Waals surface area contributed by atoms with Crippen LogP contribution in [0.4, 0.5) is 4.39 Å². The summed E-state index contributed by atoms with van der Waals surface area (Å²) in [5, 5.41) is 9.80. The van der Waals surface area contributed by atoms with E-state index < -0.39 is 0 Å². The Morgan fingerprint density at radius 3 is 2.14 bits per heavy atom. The summed E-state index contributed by atoms with van der Waals surface area (Å²) >= 11 is 1.96. The number of unbranched alkanes of at least 4 members (excludes halogenated alkanes) is 2. The Labute approximate surface area is 174 Å². The zero-order valence-electron chi connectivity index (χ0n) is 17.6. The van der Waals surface area contributed by atoms with Crippen molar-refractivity contribution < 1.29 is 9.50 Å². The number of aliphatic hydroxyl groups excluding tert-OH is 1. The molecule has 0 saturated heterocycles. The van der Waals surface area contributed by atoms with Gasteiger partial charge in [0, 0.05) is 16.2 Å². The van der Waals surface area contributed by atoms with Crippen LogP contribution < -0.4 is 0 Å². The molecular formula is C25H35FOS. The van der Waals surface area contributed by atoms with Crippen LogP contribution in [-0.2, 0) is 6.42 Å². The largest absolute Gasteiger partial charge is 0.396 e. The fraction of sp³-hybridized carbons (Fsp3) is 0.520. The molecule has 28 heavy (non-hydrogen) atoms. The van der Waals surface area contributed by atoms with Gasteiger partial charge >= 0.3 is 0 Å². The molecule has 0 amide bonds. The monoisotopic (exact) mass is 402 g/mol. The van der Waals surface area contributed by atoms with Crippen molar-refractivity contribution in [2.24, 2.45) is 0 Å². The minimum absolute atomic E-state index is 0.0908. The standard InChI is InChI=1S/C25H35FOS/c1-4-6-14-25(16-17-27,15-7-5-2)28-24-13-8-20(3)18-22(24)19-21-9-11-23(26)12-10-21/h8-13,18,27H,4-7,14-17,19H2,1-3H3. The Balaban J connectivity index is 2.32. The second kappa shape index (κ2) is 11.6. The van der Waals surface area contributed by atoms with Crippen molar-refractivity contribution in [1.29, 1.82) is 0 Å². The van der Waals surface area contributed by atoms with Gasteiger partial charge in [0.2, 0.25) is 0 Å². The maximum Gasteiger partial charge on any atom is 0.123 e. The Hall–Kier alpha value is -1.32. The quantitative estimate of drug-likeness (QED) is 0.375. The van der Waals surface area contributed by atoms with E-state index in [2.05, 4.69) is 39.0 Å². The number of hydrogen-bond acceptors (Lipinski definition) is 2. The summed E-state index contributed by atoms with van der Waals surface area (Å²) in [5.74, 6) is -0.191. The van der Waals surface area contributed by atoms with E-state index in [4.69, 9.17) is 0 Å². The Morgan fingerprint density at radius 2 is 1.57 bits per heavy atom. The van der Waals surface area contributed by atoms with Gasteiger partial charge in [0.15, 0.2) is 0 Å². The minimum Gasteiger partial charge on any atom is -0.396 e. The second-order valence-electron chi connectivity index (χ2n) is 7.88. The van der Waals surface area contributed by atoms with Crippen LogP contribution in [0.3, 0.4) is 0 Å². The normalized spacial score (nSPS) is 11.8. The third kappa shape index (κ3) is 6.93. The lowest BCUT2D eigenvalue weighted by Gasteiger charge is -2.34. The molecule has 0 radical (unpaired) electrons. The maximum atomic E-state index is 13.3. The van der Waals surface area contributed by atoms with Gasteiger partial charge in [-0.1, -0.05) is 69.4 Å². The maximum absolute atomic E-state index is 13.3. The molecule has 0 heterocycles. The first-order valence-corrected chi connectivity index (χ1v) is 11.5. The summed E-state index contributed by atoms with van der Waals surface area (Å²) in [7, 11) is 0. The van der Waals surface area contributed by atoms with Crippen molar-refractivity contribution in [2.75, 3.05) is 6.61 Å². The van der Waals surface area contributed by atoms with Gasteiger partial charge in [0.1, 0.15) is 5.82 Å². The fourth-order valence-electron chi connectivity index (χ4n) is 3.73. The van der Waals surface area contributed by atoms with E-state index in [0.29, 0.717) is 0 Å². The van der Waals surface area contributed by atoms with Crippen molar-refractivity contribution in [1.82, 2.24) is 0 Å². The molecule has 0 spiro atoms. The first-order chi connectivity index (χ1) is 13.5. The molecule has 0 aliphatic heterocycles. The molecule has 1 nitrogen and oxygen atoms in total. The van der Waals surface area contributed by atoms with E-state index in [1.54, 1.807) is 0 Å². The fourth-order valence-corrected chi connectivity index (χ4v) is 5.28. The SMILES string of the molecule is CCCCC(CCO)(CCCC)Sc1ccc(C)cc1Cc1ccc(F)cc1. The molecule has 3 heteroatoms. The van der Waals surface area contributed by atoms with Gasteiger partial charge in [-0.3, -0.25) is 0 Å². The lowest BCUT2D eigenvalue weighted by Crippen LogP contribution is -2.26. The zero-order chi connectivity index (χ0) is 20.4. The number of benzene rings is 2. The molecule has 154 valence electrons. The number of hydrogen-bond donors (Lipinski definition) is 1. The zero-order valence-corrected chi connectivity index (χ0v) is 18.5. The van der Waals surface area contributed by atoms with E-state index in [1.165, 1.54) is 53.8 Å².